The Kier molecular flexibility index (Phi) is 5.53. The minimum atomic E-state index is -3.23. The van der Waals surface area contributed by atoms with E-state index in [1.165, 1.54) is 0 Å². The van der Waals surface area contributed by atoms with Crippen molar-refractivity contribution in [3.8, 4) is 0 Å². The summed E-state index contributed by atoms with van der Waals surface area (Å²) in [7, 11) is -3.23. The summed E-state index contributed by atoms with van der Waals surface area (Å²) in [5.74, 6) is -3.63. The molecule has 0 fully saturated rings. The highest BCUT2D eigenvalue weighted by atomic mass is 31.1. The maximum Gasteiger partial charge on any atom is 0.307 e. The van der Waals surface area contributed by atoms with E-state index in [1.807, 2.05) is 18.2 Å². The van der Waals surface area contributed by atoms with E-state index in [0.717, 1.165) is 5.39 Å². The topological polar surface area (TPSA) is 112 Å². The summed E-state index contributed by atoms with van der Waals surface area (Å²) < 4.78 is 11.9. The van der Waals surface area contributed by atoms with Gasteiger partial charge >= 0.3 is 11.9 Å². The Morgan fingerprint density at radius 3 is 2.30 bits per heavy atom. The van der Waals surface area contributed by atoms with Gasteiger partial charge < -0.3 is 15.1 Å². The van der Waals surface area contributed by atoms with Gasteiger partial charge in [0.1, 0.15) is 0 Å². The lowest BCUT2D eigenvalue weighted by Crippen LogP contribution is -2.21. The second kappa shape index (κ2) is 7.40. The molecule has 0 spiro atoms. The van der Waals surface area contributed by atoms with Crippen LogP contribution in [0.2, 0.25) is 0 Å². The van der Waals surface area contributed by atoms with Gasteiger partial charge in [-0.1, -0.05) is 42.5 Å². The summed E-state index contributed by atoms with van der Waals surface area (Å²) in [6.07, 6.45) is -0.567. The van der Waals surface area contributed by atoms with Crippen LogP contribution in [0.4, 0.5) is 0 Å². The van der Waals surface area contributed by atoms with Crippen LogP contribution in [0.15, 0.2) is 42.5 Å². The molecule has 23 heavy (non-hydrogen) atoms. The quantitative estimate of drug-likeness (QED) is 0.670. The fourth-order valence-corrected chi connectivity index (χ4v) is 3.93. The van der Waals surface area contributed by atoms with Crippen LogP contribution in [0, 0.1) is 5.92 Å². The molecule has 2 aromatic rings. The predicted molar refractivity (Wildman–Crippen MR) is 85.9 cm³/mol. The van der Waals surface area contributed by atoms with Gasteiger partial charge in [0, 0.05) is 6.42 Å². The Morgan fingerprint density at radius 2 is 1.70 bits per heavy atom. The highest BCUT2D eigenvalue weighted by Crippen LogP contribution is 2.47. The minimum Gasteiger partial charge on any atom is -0.481 e. The van der Waals surface area contributed by atoms with Crippen molar-refractivity contribution in [2.75, 3.05) is 0 Å². The molecule has 122 valence electrons. The van der Waals surface area contributed by atoms with Gasteiger partial charge in [-0.2, -0.15) is 0 Å². The van der Waals surface area contributed by atoms with Gasteiger partial charge in [-0.25, -0.2) is 0 Å². The molecule has 0 aliphatic heterocycles. The molecule has 0 bridgehead atoms. The normalized spacial score (nSPS) is 15.0. The largest absolute Gasteiger partial charge is 0.481 e. The molecular weight excluding hydrogens is 319 g/mol. The van der Waals surface area contributed by atoms with Crippen molar-refractivity contribution >= 4 is 30.7 Å². The number of hydrogen-bond acceptors (Lipinski definition) is 3. The zero-order valence-electron chi connectivity index (χ0n) is 12.2. The molecule has 0 aliphatic carbocycles. The third-order valence-corrected chi connectivity index (χ3v) is 5.06. The molecule has 3 atom stereocenters. The van der Waals surface area contributed by atoms with Crippen LogP contribution < -0.4 is 0 Å². The van der Waals surface area contributed by atoms with Crippen molar-refractivity contribution in [1.29, 1.82) is 0 Å². The average molecular weight is 336 g/mol. The van der Waals surface area contributed by atoms with Gasteiger partial charge in [0.2, 0.25) is 0 Å². The van der Waals surface area contributed by atoms with E-state index in [1.54, 1.807) is 24.3 Å². The maximum atomic E-state index is 11.9. The standard InChI is InChI=1S/C16H17O6P/c17-14(18)9-8-13(16(19)20)15(23(21)22)12-7-3-5-10-4-1-2-6-11(10)12/h1-7,13,15,23H,8-9H2,(H,17,18)(H,19,20)(H,21,22). The Labute approximate surface area is 133 Å². The molecule has 0 aliphatic rings. The molecule has 0 saturated heterocycles. The molecule has 0 heterocycles. The van der Waals surface area contributed by atoms with Crippen LogP contribution in [0.1, 0.15) is 24.1 Å². The van der Waals surface area contributed by atoms with Crippen molar-refractivity contribution < 1.29 is 29.3 Å². The molecule has 3 unspecified atom stereocenters. The molecule has 6 nitrogen and oxygen atoms in total. The molecule has 3 N–H and O–H groups in total. The van der Waals surface area contributed by atoms with Crippen LogP contribution in [-0.4, -0.2) is 27.0 Å². The Bertz CT molecular complexity index is 752. The molecule has 0 saturated carbocycles. The Morgan fingerprint density at radius 1 is 1.04 bits per heavy atom. The summed E-state index contributed by atoms with van der Waals surface area (Å²) in [5.41, 5.74) is -0.657. The zero-order chi connectivity index (χ0) is 17.0. The summed E-state index contributed by atoms with van der Waals surface area (Å²) in [5, 5.41) is 19.7. The van der Waals surface area contributed by atoms with Crippen molar-refractivity contribution in [1.82, 2.24) is 0 Å². The fourth-order valence-electron chi connectivity index (χ4n) is 2.76. The number of carboxylic acid groups (broad SMARTS) is 2. The first-order valence-corrected chi connectivity index (χ1v) is 8.50. The van der Waals surface area contributed by atoms with E-state index in [0.29, 0.717) is 10.9 Å². The third-order valence-electron chi connectivity index (χ3n) is 3.81. The second-order valence-electron chi connectivity index (χ2n) is 5.26. The van der Waals surface area contributed by atoms with Gasteiger partial charge in [0.05, 0.1) is 11.6 Å². The van der Waals surface area contributed by atoms with E-state index in [-0.39, 0.29) is 12.8 Å². The number of rotatable bonds is 7. The molecule has 0 amide bonds. The van der Waals surface area contributed by atoms with E-state index in [4.69, 9.17) is 5.11 Å². The first kappa shape index (κ1) is 17.2. The average Bonchev–Trinajstić information content (AvgIpc) is 2.50. The van der Waals surface area contributed by atoms with Gasteiger partial charge in [0.15, 0.2) is 8.03 Å². The van der Waals surface area contributed by atoms with Gasteiger partial charge in [-0.15, -0.1) is 0 Å². The Hall–Kier alpha value is -2.17. The van der Waals surface area contributed by atoms with E-state index in [2.05, 4.69) is 0 Å². The maximum absolute atomic E-state index is 11.9. The third kappa shape index (κ3) is 3.97. The first-order chi connectivity index (χ1) is 10.9. The lowest BCUT2D eigenvalue weighted by molar-refractivity contribution is -0.143. The van der Waals surface area contributed by atoms with Gasteiger partial charge in [-0.05, 0) is 22.8 Å². The SMILES string of the molecule is O=C(O)CCC(C(=O)O)C(c1cccc2ccccc12)[PH](=O)O. The van der Waals surface area contributed by atoms with Crippen LogP contribution in [0.25, 0.3) is 10.8 Å². The monoisotopic (exact) mass is 336 g/mol. The van der Waals surface area contributed by atoms with Gasteiger partial charge in [-0.3, -0.25) is 14.2 Å². The van der Waals surface area contributed by atoms with Crippen molar-refractivity contribution in [2.45, 2.75) is 18.5 Å². The molecule has 7 heteroatoms. The number of hydrogen-bond donors (Lipinski definition) is 3. The summed E-state index contributed by atoms with van der Waals surface area (Å²) in [6, 6.07) is 12.3. The fraction of sp³-hybridized carbons (Fsp3) is 0.250. The number of carbonyl (C=O) groups is 2. The molecule has 2 aromatic carbocycles. The van der Waals surface area contributed by atoms with E-state index >= 15 is 0 Å². The summed E-state index contributed by atoms with van der Waals surface area (Å²) in [6.45, 7) is 0. The van der Waals surface area contributed by atoms with Crippen LogP contribution in [-0.2, 0) is 14.2 Å². The number of fused-ring (bicyclic) bond motifs is 1. The van der Waals surface area contributed by atoms with Crippen molar-refractivity contribution in [3.63, 3.8) is 0 Å². The number of benzene rings is 2. The minimum absolute atomic E-state index is 0.199. The lowest BCUT2D eigenvalue weighted by Gasteiger charge is -2.23. The summed E-state index contributed by atoms with van der Waals surface area (Å²) in [4.78, 5) is 32.0. The highest BCUT2D eigenvalue weighted by Gasteiger charge is 2.34. The van der Waals surface area contributed by atoms with Gasteiger partial charge in [0.25, 0.3) is 0 Å². The first-order valence-electron chi connectivity index (χ1n) is 7.07. The van der Waals surface area contributed by atoms with Crippen LogP contribution in [0.3, 0.4) is 0 Å². The highest BCUT2D eigenvalue weighted by molar-refractivity contribution is 7.38. The summed E-state index contributed by atoms with van der Waals surface area (Å²) >= 11 is 0. The molecule has 0 radical (unpaired) electrons. The molecule has 0 aromatic heterocycles. The van der Waals surface area contributed by atoms with Crippen molar-refractivity contribution in [2.24, 2.45) is 5.92 Å². The Balaban J connectivity index is 2.52. The van der Waals surface area contributed by atoms with E-state index < -0.39 is 31.5 Å². The lowest BCUT2D eigenvalue weighted by atomic mass is 9.91. The predicted octanol–water partition coefficient (Wildman–Crippen LogP) is 2.91. The second-order valence-corrected chi connectivity index (χ2v) is 6.56. The van der Waals surface area contributed by atoms with E-state index in [9.17, 15) is 24.2 Å². The number of aliphatic carboxylic acids is 2. The van der Waals surface area contributed by atoms with Crippen LogP contribution >= 0.6 is 8.03 Å². The molecular formula is C16H17O6P. The number of carboxylic acids is 2. The smallest absolute Gasteiger partial charge is 0.307 e. The zero-order valence-corrected chi connectivity index (χ0v) is 13.2. The van der Waals surface area contributed by atoms with Crippen molar-refractivity contribution in [3.05, 3.63) is 48.0 Å². The molecule has 2 rings (SSSR count). The van der Waals surface area contributed by atoms with Crippen LogP contribution in [0.5, 0.6) is 0 Å².